The largest absolute Gasteiger partial charge is 0.292 e. The number of aryl methyl sites for hydroxylation is 1. The topological polar surface area (TPSA) is 34.9 Å². The molecule has 2 saturated carbocycles. The SMILES string of the molecule is CC1CC1C(=O)c1c(C2CC2)cnn1C. The Hall–Kier alpha value is -1.12. The Bertz CT molecular complexity index is 417. The molecule has 1 aromatic rings. The Kier molecular flexibility index (Phi) is 1.79. The normalized spacial score (nSPS) is 29.2. The highest BCUT2D eigenvalue weighted by atomic mass is 16.1. The fourth-order valence-electron chi connectivity index (χ4n) is 2.31. The monoisotopic (exact) mass is 204 g/mol. The number of hydrogen-bond donors (Lipinski definition) is 0. The van der Waals surface area contributed by atoms with Crippen LogP contribution < -0.4 is 0 Å². The molecule has 0 saturated heterocycles. The van der Waals surface area contributed by atoms with Crippen molar-refractivity contribution in [2.75, 3.05) is 0 Å². The first-order chi connectivity index (χ1) is 7.18. The summed E-state index contributed by atoms with van der Waals surface area (Å²) < 4.78 is 1.76. The molecule has 0 aliphatic heterocycles. The lowest BCUT2D eigenvalue weighted by atomic mass is 10.1. The van der Waals surface area contributed by atoms with Crippen LogP contribution in [-0.2, 0) is 7.05 Å². The van der Waals surface area contributed by atoms with Gasteiger partial charge in [0.25, 0.3) is 0 Å². The summed E-state index contributed by atoms with van der Waals surface area (Å²) >= 11 is 0. The van der Waals surface area contributed by atoms with Crippen molar-refractivity contribution in [2.24, 2.45) is 18.9 Å². The molecule has 15 heavy (non-hydrogen) atoms. The number of hydrogen-bond acceptors (Lipinski definition) is 2. The molecular weight excluding hydrogens is 188 g/mol. The highest BCUT2D eigenvalue weighted by molar-refractivity contribution is 5.99. The van der Waals surface area contributed by atoms with Gasteiger partial charge in [0, 0.05) is 18.5 Å². The number of ketones is 1. The minimum atomic E-state index is 0.276. The molecule has 2 unspecified atom stereocenters. The van der Waals surface area contributed by atoms with Gasteiger partial charge in [-0.05, 0) is 31.1 Å². The maximum atomic E-state index is 12.2. The van der Waals surface area contributed by atoms with E-state index in [0.717, 1.165) is 12.1 Å². The number of rotatable bonds is 3. The molecule has 0 radical (unpaired) electrons. The van der Waals surface area contributed by atoms with Crippen molar-refractivity contribution in [1.29, 1.82) is 0 Å². The second kappa shape index (κ2) is 2.94. The van der Waals surface area contributed by atoms with Gasteiger partial charge < -0.3 is 0 Å². The van der Waals surface area contributed by atoms with Gasteiger partial charge in [-0.15, -0.1) is 0 Å². The third-order valence-electron chi connectivity index (χ3n) is 3.66. The summed E-state index contributed by atoms with van der Waals surface area (Å²) in [7, 11) is 1.88. The molecule has 2 fully saturated rings. The van der Waals surface area contributed by atoms with Gasteiger partial charge in [0.15, 0.2) is 5.78 Å². The lowest BCUT2D eigenvalue weighted by Crippen LogP contribution is -2.11. The zero-order chi connectivity index (χ0) is 10.6. The Morgan fingerprint density at radius 2 is 2.20 bits per heavy atom. The fraction of sp³-hybridized carbons (Fsp3) is 0.667. The molecule has 1 heterocycles. The molecule has 3 rings (SSSR count). The second-order valence-corrected chi connectivity index (χ2v) is 5.03. The van der Waals surface area contributed by atoms with Crippen LogP contribution in [-0.4, -0.2) is 15.6 Å². The number of aromatic nitrogens is 2. The molecule has 1 aromatic heterocycles. The average molecular weight is 204 g/mol. The van der Waals surface area contributed by atoms with E-state index in [4.69, 9.17) is 0 Å². The van der Waals surface area contributed by atoms with E-state index in [2.05, 4.69) is 12.0 Å². The minimum absolute atomic E-state index is 0.276. The molecular formula is C12H16N2O. The van der Waals surface area contributed by atoms with Gasteiger partial charge in [-0.25, -0.2) is 0 Å². The van der Waals surface area contributed by atoms with Gasteiger partial charge in [-0.3, -0.25) is 9.48 Å². The highest BCUT2D eigenvalue weighted by Gasteiger charge is 2.42. The first kappa shape index (κ1) is 9.13. The first-order valence-electron chi connectivity index (χ1n) is 5.74. The molecule has 2 atom stereocenters. The van der Waals surface area contributed by atoms with Gasteiger partial charge in [0.05, 0.1) is 6.20 Å². The van der Waals surface area contributed by atoms with Crippen LogP contribution in [0.3, 0.4) is 0 Å². The van der Waals surface area contributed by atoms with Crippen LogP contribution in [0.4, 0.5) is 0 Å². The van der Waals surface area contributed by atoms with Crippen LogP contribution >= 0.6 is 0 Å². The smallest absolute Gasteiger partial charge is 0.184 e. The van der Waals surface area contributed by atoms with E-state index < -0.39 is 0 Å². The Balaban J connectivity index is 1.95. The van der Waals surface area contributed by atoms with E-state index in [0.29, 0.717) is 17.6 Å². The highest BCUT2D eigenvalue weighted by Crippen LogP contribution is 2.45. The van der Waals surface area contributed by atoms with Crippen LogP contribution in [0.5, 0.6) is 0 Å². The van der Waals surface area contributed by atoms with Gasteiger partial charge in [-0.2, -0.15) is 5.10 Å². The van der Waals surface area contributed by atoms with Crippen molar-refractivity contribution in [2.45, 2.75) is 32.1 Å². The molecule has 2 aliphatic rings. The molecule has 0 amide bonds. The van der Waals surface area contributed by atoms with E-state index >= 15 is 0 Å². The third kappa shape index (κ3) is 1.41. The van der Waals surface area contributed by atoms with Crippen molar-refractivity contribution in [3.63, 3.8) is 0 Å². The number of carbonyl (C=O) groups is 1. The maximum Gasteiger partial charge on any atom is 0.184 e. The van der Waals surface area contributed by atoms with Crippen molar-refractivity contribution >= 4 is 5.78 Å². The second-order valence-electron chi connectivity index (χ2n) is 5.03. The minimum Gasteiger partial charge on any atom is -0.292 e. The van der Waals surface area contributed by atoms with Gasteiger partial charge in [-0.1, -0.05) is 6.92 Å². The van der Waals surface area contributed by atoms with E-state index in [1.807, 2.05) is 13.2 Å². The average Bonchev–Trinajstić information content (AvgIpc) is 3.09. The molecule has 3 nitrogen and oxygen atoms in total. The zero-order valence-corrected chi connectivity index (χ0v) is 9.23. The number of nitrogens with zero attached hydrogens (tertiary/aromatic N) is 2. The summed E-state index contributed by atoms with van der Waals surface area (Å²) in [4.78, 5) is 12.2. The summed E-state index contributed by atoms with van der Waals surface area (Å²) in [5, 5.41) is 4.23. The van der Waals surface area contributed by atoms with Crippen LogP contribution in [0.15, 0.2) is 6.20 Å². The van der Waals surface area contributed by atoms with Crippen molar-refractivity contribution in [3.8, 4) is 0 Å². The molecule has 3 heteroatoms. The van der Waals surface area contributed by atoms with Gasteiger partial charge in [0.1, 0.15) is 5.69 Å². The molecule has 2 aliphatic carbocycles. The molecule has 0 N–H and O–H groups in total. The zero-order valence-electron chi connectivity index (χ0n) is 9.23. The summed E-state index contributed by atoms with van der Waals surface area (Å²) in [6.07, 6.45) is 5.41. The predicted molar refractivity (Wildman–Crippen MR) is 56.8 cm³/mol. The quantitative estimate of drug-likeness (QED) is 0.707. The van der Waals surface area contributed by atoms with Crippen molar-refractivity contribution in [1.82, 2.24) is 9.78 Å². The molecule has 0 aromatic carbocycles. The Morgan fingerprint density at radius 1 is 1.53 bits per heavy atom. The van der Waals surface area contributed by atoms with E-state index in [-0.39, 0.29) is 5.92 Å². The van der Waals surface area contributed by atoms with E-state index in [9.17, 15) is 4.79 Å². The molecule has 0 spiro atoms. The van der Waals surface area contributed by atoms with Gasteiger partial charge >= 0.3 is 0 Å². The van der Waals surface area contributed by atoms with Crippen LogP contribution in [0.25, 0.3) is 0 Å². The van der Waals surface area contributed by atoms with Crippen LogP contribution in [0.2, 0.25) is 0 Å². The van der Waals surface area contributed by atoms with E-state index in [1.165, 1.54) is 18.4 Å². The van der Waals surface area contributed by atoms with Crippen molar-refractivity contribution in [3.05, 3.63) is 17.5 Å². The molecule has 0 bridgehead atoms. The van der Waals surface area contributed by atoms with Crippen molar-refractivity contribution < 1.29 is 4.79 Å². The number of carbonyl (C=O) groups excluding carboxylic acids is 1. The maximum absolute atomic E-state index is 12.2. The Morgan fingerprint density at radius 3 is 2.73 bits per heavy atom. The summed E-state index contributed by atoms with van der Waals surface area (Å²) in [5.74, 6) is 1.80. The number of Topliss-reactive ketones (excluding diaryl/α,β-unsaturated/α-hetero) is 1. The predicted octanol–water partition coefficient (Wildman–Crippen LogP) is 2.14. The van der Waals surface area contributed by atoms with Crippen LogP contribution in [0.1, 0.15) is 48.2 Å². The van der Waals surface area contributed by atoms with E-state index in [1.54, 1.807) is 4.68 Å². The lowest BCUT2D eigenvalue weighted by molar-refractivity contribution is 0.0952. The summed E-state index contributed by atoms with van der Waals surface area (Å²) in [5.41, 5.74) is 2.08. The Labute approximate surface area is 89.5 Å². The summed E-state index contributed by atoms with van der Waals surface area (Å²) in [6.45, 7) is 2.15. The van der Waals surface area contributed by atoms with Crippen LogP contribution in [0, 0.1) is 11.8 Å². The van der Waals surface area contributed by atoms with Gasteiger partial charge in [0.2, 0.25) is 0 Å². The standard InChI is InChI=1S/C12H16N2O/c1-7-5-9(7)12(15)11-10(8-3-4-8)6-13-14(11)2/h6-9H,3-5H2,1-2H3. The summed E-state index contributed by atoms with van der Waals surface area (Å²) in [6, 6.07) is 0. The molecule has 80 valence electrons. The fourth-order valence-corrected chi connectivity index (χ4v) is 2.31. The first-order valence-corrected chi connectivity index (χ1v) is 5.74. The lowest BCUT2D eigenvalue weighted by Gasteiger charge is -2.03. The third-order valence-corrected chi connectivity index (χ3v) is 3.66.